The van der Waals surface area contributed by atoms with E-state index in [-0.39, 0.29) is 6.61 Å². The Morgan fingerprint density at radius 2 is 1.52 bits per heavy atom. The Morgan fingerprint density at radius 3 is 2.31 bits per heavy atom. The summed E-state index contributed by atoms with van der Waals surface area (Å²) in [5.74, 6) is 0. The van der Waals surface area contributed by atoms with Gasteiger partial charge in [0.2, 0.25) is 0 Å². The van der Waals surface area contributed by atoms with Gasteiger partial charge in [-0.15, -0.1) is 0 Å². The molecule has 1 nitrogen and oxygen atoms in total. The third-order valence-electron chi connectivity index (χ3n) is 5.24. The lowest BCUT2D eigenvalue weighted by Gasteiger charge is -2.12. The second kappa shape index (κ2) is 9.30. The highest BCUT2D eigenvalue weighted by Crippen LogP contribution is 2.37. The third kappa shape index (κ3) is 4.72. The van der Waals surface area contributed by atoms with Crippen molar-refractivity contribution in [3.63, 3.8) is 0 Å². The van der Waals surface area contributed by atoms with Crippen molar-refractivity contribution in [2.45, 2.75) is 36.0 Å². The quantitative estimate of drug-likeness (QED) is 0.330. The van der Waals surface area contributed by atoms with Crippen molar-refractivity contribution in [1.29, 1.82) is 0 Å². The van der Waals surface area contributed by atoms with Crippen molar-refractivity contribution in [2.24, 2.45) is 0 Å². The highest BCUT2D eigenvalue weighted by atomic mass is 32.2. The molecule has 4 rings (SSSR count). The fourth-order valence-electron chi connectivity index (χ4n) is 3.72. The van der Waals surface area contributed by atoms with E-state index in [9.17, 15) is 0 Å². The zero-order valence-corrected chi connectivity index (χ0v) is 17.6. The smallest absolute Gasteiger partial charge is 0.0431 e. The maximum absolute atomic E-state index is 8.96. The number of fused-ring (bicyclic) bond motifs is 1. The van der Waals surface area contributed by atoms with E-state index >= 15 is 0 Å². The molecule has 0 aromatic heterocycles. The molecule has 29 heavy (non-hydrogen) atoms. The number of aryl methyl sites for hydroxylation is 2. The van der Waals surface area contributed by atoms with E-state index in [4.69, 9.17) is 5.11 Å². The van der Waals surface area contributed by atoms with Crippen molar-refractivity contribution < 1.29 is 5.11 Å². The zero-order valence-electron chi connectivity index (χ0n) is 16.8. The van der Waals surface area contributed by atoms with E-state index in [1.807, 2.05) is 11.8 Å². The van der Waals surface area contributed by atoms with Gasteiger partial charge in [0.25, 0.3) is 0 Å². The lowest BCUT2D eigenvalue weighted by molar-refractivity contribution is 0.284. The molecule has 0 unspecified atom stereocenters. The van der Waals surface area contributed by atoms with Gasteiger partial charge < -0.3 is 5.11 Å². The maximum Gasteiger partial charge on any atom is 0.0431 e. The molecule has 0 amide bonds. The number of rotatable bonds is 7. The Labute approximate surface area is 177 Å². The van der Waals surface area contributed by atoms with Crippen molar-refractivity contribution in [3.05, 3.63) is 96.1 Å². The molecule has 0 bridgehead atoms. The topological polar surface area (TPSA) is 20.2 Å². The summed E-state index contributed by atoms with van der Waals surface area (Å²) in [5.41, 5.74) is 5.14. The van der Waals surface area contributed by atoms with Gasteiger partial charge in [0.05, 0.1) is 0 Å². The van der Waals surface area contributed by atoms with Gasteiger partial charge in [0, 0.05) is 16.4 Å². The van der Waals surface area contributed by atoms with Crippen molar-refractivity contribution in [3.8, 4) is 11.1 Å². The van der Waals surface area contributed by atoms with Crippen LogP contribution in [0, 0.1) is 6.92 Å². The van der Waals surface area contributed by atoms with Crippen LogP contribution >= 0.6 is 11.8 Å². The molecule has 0 heterocycles. The largest absolute Gasteiger partial charge is 0.396 e. The fraction of sp³-hybridized carbons (Fsp3) is 0.185. The Bertz CT molecular complexity index is 1100. The first-order chi connectivity index (χ1) is 14.2. The molecule has 0 spiro atoms. The maximum atomic E-state index is 8.96. The molecule has 146 valence electrons. The predicted molar refractivity (Wildman–Crippen MR) is 125 cm³/mol. The molecule has 0 saturated carbocycles. The van der Waals surface area contributed by atoms with Crippen LogP contribution in [-0.2, 0) is 6.42 Å². The number of hydrogen-bond donors (Lipinski definition) is 1. The Balaban J connectivity index is 1.66. The number of aliphatic hydroxyl groups excluding tert-OH is 1. The molecule has 0 aliphatic rings. The highest BCUT2D eigenvalue weighted by Gasteiger charge is 2.08. The van der Waals surface area contributed by atoms with Crippen LogP contribution in [0.3, 0.4) is 0 Å². The average Bonchev–Trinajstić information content (AvgIpc) is 2.74. The summed E-state index contributed by atoms with van der Waals surface area (Å²) in [6.07, 6.45) is 2.92. The highest BCUT2D eigenvalue weighted by molar-refractivity contribution is 7.99. The fourth-order valence-corrected chi connectivity index (χ4v) is 4.80. The van der Waals surface area contributed by atoms with Gasteiger partial charge in [-0.05, 0) is 71.8 Å². The summed E-state index contributed by atoms with van der Waals surface area (Å²) < 4.78 is 0. The molecule has 4 aromatic rings. The van der Waals surface area contributed by atoms with E-state index in [0.29, 0.717) is 0 Å². The second-order valence-electron chi connectivity index (χ2n) is 7.45. The van der Waals surface area contributed by atoms with Crippen LogP contribution in [-0.4, -0.2) is 11.7 Å². The van der Waals surface area contributed by atoms with E-state index in [2.05, 4.69) is 91.9 Å². The summed E-state index contributed by atoms with van der Waals surface area (Å²) in [7, 11) is 0. The Morgan fingerprint density at radius 1 is 0.759 bits per heavy atom. The lowest BCUT2D eigenvalue weighted by atomic mass is 9.97. The molecule has 0 saturated heterocycles. The first-order valence-corrected chi connectivity index (χ1v) is 11.0. The molecule has 4 aromatic carbocycles. The van der Waals surface area contributed by atoms with Crippen LogP contribution < -0.4 is 0 Å². The summed E-state index contributed by atoms with van der Waals surface area (Å²) in [4.78, 5) is 2.56. The van der Waals surface area contributed by atoms with Gasteiger partial charge in [0.15, 0.2) is 0 Å². The third-order valence-corrected chi connectivity index (χ3v) is 6.30. The minimum atomic E-state index is 0.275. The summed E-state index contributed by atoms with van der Waals surface area (Å²) in [5, 5.41) is 11.5. The standard InChI is InChI=1S/C27H26OS/c1-20-7-4-9-23(19-20)29-27-13-6-11-25-24(10-5-12-26(25)27)22-16-14-21(15-17-22)8-2-3-18-28/h4-7,9-17,19,28H,2-3,8,18H2,1H3. The van der Waals surface area contributed by atoms with E-state index in [1.54, 1.807) is 0 Å². The number of unbranched alkanes of at least 4 members (excludes halogenated alkanes) is 1. The molecule has 0 aliphatic carbocycles. The molecule has 0 radical (unpaired) electrons. The molecule has 2 heteroatoms. The number of benzene rings is 4. The molecule has 1 N–H and O–H groups in total. The van der Waals surface area contributed by atoms with E-state index in [1.165, 1.54) is 42.8 Å². The van der Waals surface area contributed by atoms with Gasteiger partial charge in [-0.3, -0.25) is 0 Å². The monoisotopic (exact) mass is 398 g/mol. The second-order valence-corrected chi connectivity index (χ2v) is 8.57. The van der Waals surface area contributed by atoms with Crippen molar-refractivity contribution >= 4 is 22.5 Å². The Hall–Kier alpha value is -2.55. The van der Waals surface area contributed by atoms with Crippen LogP contribution in [0.15, 0.2) is 94.7 Å². The van der Waals surface area contributed by atoms with Crippen molar-refractivity contribution in [2.75, 3.05) is 6.61 Å². The molecular weight excluding hydrogens is 372 g/mol. The molecular formula is C27H26OS. The lowest BCUT2D eigenvalue weighted by Crippen LogP contribution is -1.89. The predicted octanol–water partition coefficient (Wildman–Crippen LogP) is 7.28. The van der Waals surface area contributed by atoms with Gasteiger partial charge in [-0.1, -0.05) is 84.1 Å². The van der Waals surface area contributed by atoms with Gasteiger partial charge >= 0.3 is 0 Å². The first-order valence-electron chi connectivity index (χ1n) is 10.2. The molecule has 0 aliphatic heterocycles. The summed E-state index contributed by atoms with van der Waals surface area (Å²) >= 11 is 1.83. The van der Waals surface area contributed by atoms with Crippen molar-refractivity contribution in [1.82, 2.24) is 0 Å². The van der Waals surface area contributed by atoms with Crippen LogP contribution in [0.25, 0.3) is 21.9 Å². The Kier molecular flexibility index (Phi) is 6.33. The minimum absolute atomic E-state index is 0.275. The van der Waals surface area contributed by atoms with Crippen LogP contribution in [0.2, 0.25) is 0 Å². The van der Waals surface area contributed by atoms with Gasteiger partial charge in [-0.2, -0.15) is 0 Å². The molecule has 0 fully saturated rings. The average molecular weight is 399 g/mol. The minimum Gasteiger partial charge on any atom is -0.396 e. The van der Waals surface area contributed by atoms with Gasteiger partial charge in [0.1, 0.15) is 0 Å². The SMILES string of the molecule is Cc1cccc(Sc2cccc3c(-c4ccc(CCCCO)cc4)cccc23)c1. The van der Waals surface area contributed by atoms with Crippen LogP contribution in [0.5, 0.6) is 0 Å². The summed E-state index contributed by atoms with van der Waals surface area (Å²) in [6.45, 7) is 2.41. The molecule has 0 atom stereocenters. The first kappa shape index (κ1) is 19.8. The summed E-state index contributed by atoms with van der Waals surface area (Å²) in [6, 6.07) is 30.8. The number of aliphatic hydroxyl groups is 1. The normalized spacial score (nSPS) is 11.1. The zero-order chi connectivity index (χ0) is 20.1. The number of hydrogen-bond acceptors (Lipinski definition) is 2. The van der Waals surface area contributed by atoms with E-state index in [0.717, 1.165) is 19.3 Å². The van der Waals surface area contributed by atoms with Gasteiger partial charge in [-0.25, -0.2) is 0 Å². The van der Waals surface area contributed by atoms with Crippen LogP contribution in [0.4, 0.5) is 0 Å². The van der Waals surface area contributed by atoms with E-state index < -0.39 is 0 Å². The van der Waals surface area contributed by atoms with Crippen LogP contribution in [0.1, 0.15) is 24.0 Å².